The summed E-state index contributed by atoms with van der Waals surface area (Å²) in [7, 11) is 1.70. The largest absolute Gasteiger partial charge is 0.496 e. The zero-order chi connectivity index (χ0) is 19.8. The van der Waals surface area contributed by atoms with Crippen LogP contribution in [0.1, 0.15) is 23.7 Å². The number of oxazole rings is 1. The van der Waals surface area contributed by atoms with Gasteiger partial charge < -0.3 is 19.8 Å². The van der Waals surface area contributed by atoms with Crippen LogP contribution in [0.3, 0.4) is 0 Å². The van der Waals surface area contributed by atoms with E-state index in [1.54, 1.807) is 24.7 Å². The van der Waals surface area contributed by atoms with Crippen molar-refractivity contribution in [2.45, 2.75) is 26.8 Å². The first kappa shape index (κ1) is 23.2. The minimum atomic E-state index is 0. The van der Waals surface area contributed by atoms with E-state index in [1.165, 1.54) is 5.56 Å². The topological polar surface area (TPSA) is 71.7 Å². The van der Waals surface area contributed by atoms with Gasteiger partial charge in [-0.2, -0.15) is 0 Å². The first-order valence-electron chi connectivity index (χ1n) is 9.33. The standard InChI is InChI=1S/C21H26N4O2S.HI/c1-4-22-21(23-10-9-16-8-7-15(2)18(12-16)26-3)24-13-17-14-27-20(25-17)19-6-5-11-28-19;/h5-8,11-12,14H,4,9-10,13H2,1-3H3,(H2,22,23,24);1H. The summed E-state index contributed by atoms with van der Waals surface area (Å²) in [6.07, 6.45) is 2.55. The van der Waals surface area contributed by atoms with E-state index in [-0.39, 0.29) is 24.0 Å². The van der Waals surface area contributed by atoms with Crippen molar-refractivity contribution in [3.8, 4) is 16.5 Å². The van der Waals surface area contributed by atoms with Crippen LogP contribution in [-0.2, 0) is 13.0 Å². The van der Waals surface area contributed by atoms with Crippen molar-refractivity contribution in [1.82, 2.24) is 15.6 Å². The van der Waals surface area contributed by atoms with Gasteiger partial charge in [-0.1, -0.05) is 18.2 Å². The van der Waals surface area contributed by atoms with E-state index in [1.807, 2.05) is 31.4 Å². The Hall–Kier alpha value is -2.07. The molecule has 1 aromatic carbocycles. The molecule has 2 aromatic heterocycles. The summed E-state index contributed by atoms with van der Waals surface area (Å²) in [5.74, 6) is 2.33. The summed E-state index contributed by atoms with van der Waals surface area (Å²) in [5, 5.41) is 8.64. The van der Waals surface area contributed by atoms with Crippen molar-refractivity contribution < 1.29 is 9.15 Å². The second-order valence-electron chi connectivity index (χ2n) is 6.30. The lowest BCUT2D eigenvalue weighted by Gasteiger charge is -2.12. The average Bonchev–Trinajstić information content (AvgIpc) is 3.39. The van der Waals surface area contributed by atoms with Crippen molar-refractivity contribution in [1.29, 1.82) is 0 Å². The fraction of sp³-hybridized carbons (Fsp3) is 0.333. The third-order valence-electron chi connectivity index (χ3n) is 4.21. The summed E-state index contributed by atoms with van der Waals surface area (Å²) in [6.45, 7) is 6.13. The lowest BCUT2D eigenvalue weighted by Crippen LogP contribution is -2.38. The van der Waals surface area contributed by atoms with E-state index in [4.69, 9.17) is 9.15 Å². The van der Waals surface area contributed by atoms with Crippen LogP contribution in [0.5, 0.6) is 5.75 Å². The zero-order valence-corrected chi connectivity index (χ0v) is 20.0. The van der Waals surface area contributed by atoms with Crippen molar-refractivity contribution in [2.24, 2.45) is 4.99 Å². The molecule has 6 nitrogen and oxygen atoms in total. The van der Waals surface area contributed by atoms with Gasteiger partial charge in [0.1, 0.15) is 17.7 Å². The Morgan fingerprint density at radius 2 is 2.14 bits per heavy atom. The Kier molecular flexibility index (Phi) is 9.46. The Bertz CT molecular complexity index is 909. The molecular formula is C21H27IN4O2S. The predicted octanol–water partition coefficient (Wildman–Crippen LogP) is 4.64. The smallest absolute Gasteiger partial charge is 0.236 e. The Labute approximate surface area is 192 Å². The van der Waals surface area contributed by atoms with Crippen LogP contribution < -0.4 is 15.4 Å². The van der Waals surface area contributed by atoms with Gasteiger partial charge in [0, 0.05) is 13.1 Å². The van der Waals surface area contributed by atoms with E-state index in [0.717, 1.165) is 47.4 Å². The fourth-order valence-corrected chi connectivity index (χ4v) is 3.40. The quantitative estimate of drug-likeness (QED) is 0.254. The second kappa shape index (κ2) is 11.8. The van der Waals surface area contributed by atoms with Crippen LogP contribution in [-0.4, -0.2) is 31.1 Å². The molecule has 3 rings (SSSR count). The highest BCUT2D eigenvalue weighted by atomic mass is 127. The van der Waals surface area contributed by atoms with Gasteiger partial charge in [-0.15, -0.1) is 35.3 Å². The highest BCUT2D eigenvalue weighted by Gasteiger charge is 2.07. The molecule has 0 unspecified atom stereocenters. The molecule has 0 bridgehead atoms. The number of hydrogen-bond donors (Lipinski definition) is 2. The van der Waals surface area contributed by atoms with Gasteiger partial charge >= 0.3 is 0 Å². The van der Waals surface area contributed by atoms with Gasteiger partial charge in [-0.3, -0.25) is 0 Å². The third kappa shape index (κ3) is 6.74. The fourth-order valence-electron chi connectivity index (χ4n) is 2.74. The summed E-state index contributed by atoms with van der Waals surface area (Å²) in [5.41, 5.74) is 3.18. The maximum absolute atomic E-state index is 5.55. The first-order chi connectivity index (χ1) is 13.7. The highest BCUT2D eigenvalue weighted by molar-refractivity contribution is 14.0. The minimum Gasteiger partial charge on any atom is -0.496 e. The van der Waals surface area contributed by atoms with E-state index < -0.39 is 0 Å². The molecule has 0 aliphatic heterocycles. The second-order valence-corrected chi connectivity index (χ2v) is 7.24. The molecule has 2 heterocycles. The van der Waals surface area contributed by atoms with E-state index >= 15 is 0 Å². The number of ether oxygens (including phenoxy) is 1. The van der Waals surface area contributed by atoms with Gasteiger partial charge in [0.05, 0.1) is 18.5 Å². The number of hydrogen-bond acceptors (Lipinski definition) is 5. The van der Waals surface area contributed by atoms with E-state index in [2.05, 4.69) is 38.8 Å². The number of nitrogens with one attached hydrogen (secondary N) is 2. The summed E-state index contributed by atoms with van der Waals surface area (Å²) in [4.78, 5) is 10.1. The maximum Gasteiger partial charge on any atom is 0.236 e. The van der Waals surface area contributed by atoms with Crippen LogP contribution in [0.25, 0.3) is 10.8 Å². The molecule has 0 saturated heterocycles. The molecule has 0 aliphatic carbocycles. The molecule has 0 fully saturated rings. The monoisotopic (exact) mass is 526 g/mol. The van der Waals surface area contributed by atoms with Crippen LogP contribution in [0.15, 0.2) is 51.4 Å². The molecule has 0 radical (unpaired) electrons. The van der Waals surface area contributed by atoms with E-state index in [9.17, 15) is 0 Å². The van der Waals surface area contributed by atoms with Gasteiger partial charge in [-0.25, -0.2) is 9.98 Å². The lowest BCUT2D eigenvalue weighted by atomic mass is 10.1. The number of aromatic nitrogens is 1. The molecule has 0 aliphatic rings. The van der Waals surface area contributed by atoms with Gasteiger partial charge in [0.25, 0.3) is 0 Å². The van der Waals surface area contributed by atoms with Crippen LogP contribution in [0.2, 0.25) is 0 Å². The SMILES string of the molecule is CCNC(=NCc1coc(-c2cccs2)n1)NCCc1ccc(C)c(OC)c1.I. The number of thiophene rings is 1. The summed E-state index contributed by atoms with van der Waals surface area (Å²) in [6, 6.07) is 10.3. The van der Waals surface area contributed by atoms with Crippen molar-refractivity contribution in [3.05, 3.63) is 58.8 Å². The summed E-state index contributed by atoms with van der Waals surface area (Å²) >= 11 is 1.61. The molecule has 0 saturated carbocycles. The molecule has 0 atom stereocenters. The number of nitrogens with zero attached hydrogens (tertiary/aromatic N) is 2. The Morgan fingerprint density at radius 1 is 1.28 bits per heavy atom. The molecular weight excluding hydrogens is 499 g/mol. The highest BCUT2D eigenvalue weighted by Crippen LogP contribution is 2.23. The Morgan fingerprint density at radius 3 is 2.86 bits per heavy atom. The van der Waals surface area contributed by atoms with Gasteiger partial charge in [0.2, 0.25) is 5.89 Å². The maximum atomic E-state index is 5.55. The Balaban J connectivity index is 0.00000300. The number of guanidine groups is 1. The van der Waals surface area contributed by atoms with Crippen LogP contribution in [0.4, 0.5) is 0 Å². The number of aliphatic imine (C=N–C) groups is 1. The number of benzene rings is 1. The predicted molar refractivity (Wildman–Crippen MR) is 129 cm³/mol. The molecule has 2 N–H and O–H groups in total. The van der Waals surface area contributed by atoms with Gasteiger partial charge in [0.15, 0.2) is 5.96 Å². The van der Waals surface area contributed by atoms with Crippen molar-refractivity contribution in [3.63, 3.8) is 0 Å². The van der Waals surface area contributed by atoms with Crippen LogP contribution >= 0.6 is 35.3 Å². The number of halogens is 1. The average molecular weight is 526 g/mol. The minimum absolute atomic E-state index is 0. The van der Waals surface area contributed by atoms with E-state index in [0.29, 0.717) is 12.4 Å². The van der Waals surface area contributed by atoms with Crippen molar-refractivity contribution >= 4 is 41.3 Å². The summed E-state index contributed by atoms with van der Waals surface area (Å²) < 4.78 is 10.9. The number of rotatable bonds is 8. The normalized spacial score (nSPS) is 11.1. The molecule has 3 aromatic rings. The van der Waals surface area contributed by atoms with Crippen molar-refractivity contribution in [2.75, 3.05) is 20.2 Å². The molecule has 8 heteroatoms. The molecule has 0 amide bonds. The molecule has 0 spiro atoms. The molecule has 29 heavy (non-hydrogen) atoms. The zero-order valence-electron chi connectivity index (χ0n) is 16.9. The van der Waals surface area contributed by atoms with Crippen LogP contribution in [0, 0.1) is 6.92 Å². The lowest BCUT2D eigenvalue weighted by molar-refractivity contribution is 0.411. The van der Waals surface area contributed by atoms with Gasteiger partial charge in [-0.05, 0) is 48.9 Å². The molecule has 156 valence electrons. The number of aryl methyl sites for hydroxylation is 1. The number of methoxy groups -OCH3 is 1. The third-order valence-corrected chi connectivity index (χ3v) is 5.06. The first-order valence-corrected chi connectivity index (χ1v) is 10.2.